The van der Waals surface area contributed by atoms with Crippen LogP contribution in [0.2, 0.25) is 0 Å². The summed E-state index contributed by atoms with van der Waals surface area (Å²) in [5.41, 5.74) is 1.81. The SMILES string of the molecule is CCCC(C)(O)c1ccc(C(C)(C)C)cc1. The van der Waals surface area contributed by atoms with Crippen LogP contribution in [-0.4, -0.2) is 5.11 Å². The monoisotopic (exact) mass is 220 g/mol. The highest BCUT2D eigenvalue weighted by molar-refractivity contribution is 5.30. The van der Waals surface area contributed by atoms with E-state index < -0.39 is 5.60 Å². The van der Waals surface area contributed by atoms with Crippen LogP contribution in [0.15, 0.2) is 24.3 Å². The third-order valence-corrected chi connectivity index (χ3v) is 3.11. The first-order valence-corrected chi connectivity index (χ1v) is 6.11. The van der Waals surface area contributed by atoms with Gasteiger partial charge in [0.15, 0.2) is 0 Å². The van der Waals surface area contributed by atoms with Crippen LogP contribution in [-0.2, 0) is 11.0 Å². The summed E-state index contributed by atoms with van der Waals surface area (Å²) in [4.78, 5) is 0. The summed E-state index contributed by atoms with van der Waals surface area (Å²) in [7, 11) is 0. The fourth-order valence-corrected chi connectivity index (χ4v) is 1.96. The van der Waals surface area contributed by atoms with E-state index >= 15 is 0 Å². The van der Waals surface area contributed by atoms with Crippen molar-refractivity contribution in [2.24, 2.45) is 0 Å². The van der Waals surface area contributed by atoms with E-state index in [1.807, 2.05) is 6.92 Å². The summed E-state index contributed by atoms with van der Waals surface area (Å²) < 4.78 is 0. The molecule has 0 saturated heterocycles. The predicted octanol–water partition coefficient (Wildman–Crippen LogP) is 3.99. The molecular formula is C15H24O. The predicted molar refractivity (Wildman–Crippen MR) is 69.6 cm³/mol. The second-order valence-corrected chi connectivity index (χ2v) is 5.85. The molecule has 1 unspecified atom stereocenters. The van der Waals surface area contributed by atoms with Crippen LogP contribution in [0, 0.1) is 0 Å². The zero-order valence-corrected chi connectivity index (χ0v) is 11.2. The average molecular weight is 220 g/mol. The number of benzene rings is 1. The Kier molecular flexibility index (Phi) is 3.80. The van der Waals surface area contributed by atoms with Gasteiger partial charge in [-0.25, -0.2) is 0 Å². The van der Waals surface area contributed by atoms with E-state index in [0.29, 0.717) is 0 Å². The van der Waals surface area contributed by atoms with E-state index in [9.17, 15) is 5.11 Å². The van der Waals surface area contributed by atoms with Gasteiger partial charge in [0.05, 0.1) is 5.60 Å². The Morgan fingerprint density at radius 2 is 1.38 bits per heavy atom. The Hall–Kier alpha value is -0.820. The van der Waals surface area contributed by atoms with Gasteiger partial charge >= 0.3 is 0 Å². The van der Waals surface area contributed by atoms with Gasteiger partial charge in [-0.1, -0.05) is 58.4 Å². The van der Waals surface area contributed by atoms with E-state index in [1.54, 1.807) is 0 Å². The summed E-state index contributed by atoms with van der Waals surface area (Å²) in [6.45, 7) is 10.6. The minimum atomic E-state index is -0.689. The van der Waals surface area contributed by atoms with Crippen LogP contribution in [0.25, 0.3) is 0 Å². The first kappa shape index (κ1) is 13.2. The van der Waals surface area contributed by atoms with Crippen molar-refractivity contribution in [3.63, 3.8) is 0 Å². The minimum Gasteiger partial charge on any atom is -0.385 e. The third-order valence-electron chi connectivity index (χ3n) is 3.11. The molecular weight excluding hydrogens is 196 g/mol. The highest BCUT2D eigenvalue weighted by Gasteiger charge is 2.22. The molecule has 1 atom stereocenters. The number of rotatable bonds is 3. The maximum Gasteiger partial charge on any atom is 0.0868 e. The first-order valence-electron chi connectivity index (χ1n) is 6.11. The van der Waals surface area contributed by atoms with Crippen molar-refractivity contribution in [3.8, 4) is 0 Å². The van der Waals surface area contributed by atoms with Crippen molar-refractivity contribution in [3.05, 3.63) is 35.4 Å². The maximum atomic E-state index is 10.3. The quantitative estimate of drug-likeness (QED) is 0.816. The molecule has 1 heteroatoms. The van der Waals surface area contributed by atoms with Crippen LogP contribution < -0.4 is 0 Å². The summed E-state index contributed by atoms with van der Waals surface area (Å²) in [5.74, 6) is 0. The summed E-state index contributed by atoms with van der Waals surface area (Å²) in [6.07, 6.45) is 1.80. The molecule has 0 aliphatic heterocycles. The molecule has 0 spiro atoms. The summed E-state index contributed by atoms with van der Waals surface area (Å²) >= 11 is 0. The molecule has 0 radical (unpaired) electrons. The second-order valence-electron chi connectivity index (χ2n) is 5.85. The Morgan fingerprint density at radius 1 is 0.938 bits per heavy atom. The summed E-state index contributed by atoms with van der Waals surface area (Å²) in [6, 6.07) is 8.35. The number of aliphatic hydroxyl groups is 1. The summed E-state index contributed by atoms with van der Waals surface area (Å²) in [5, 5.41) is 10.3. The molecule has 0 heterocycles. The van der Waals surface area contributed by atoms with Crippen molar-refractivity contribution in [1.29, 1.82) is 0 Å². The molecule has 16 heavy (non-hydrogen) atoms. The van der Waals surface area contributed by atoms with Crippen molar-refractivity contribution in [2.45, 2.75) is 58.5 Å². The van der Waals surface area contributed by atoms with Crippen LogP contribution >= 0.6 is 0 Å². The van der Waals surface area contributed by atoms with Gasteiger partial charge in [0.2, 0.25) is 0 Å². The molecule has 0 fully saturated rings. The van der Waals surface area contributed by atoms with Gasteiger partial charge in [0.25, 0.3) is 0 Å². The molecule has 1 nitrogen and oxygen atoms in total. The molecule has 0 amide bonds. The molecule has 1 aromatic rings. The van der Waals surface area contributed by atoms with Gasteiger partial charge in [-0.3, -0.25) is 0 Å². The lowest BCUT2D eigenvalue weighted by atomic mass is 9.84. The zero-order valence-electron chi connectivity index (χ0n) is 11.2. The molecule has 1 N–H and O–H groups in total. The van der Waals surface area contributed by atoms with Crippen molar-refractivity contribution in [2.75, 3.05) is 0 Å². The lowest BCUT2D eigenvalue weighted by Crippen LogP contribution is -2.21. The van der Waals surface area contributed by atoms with E-state index in [0.717, 1.165) is 18.4 Å². The molecule has 0 aliphatic carbocycles. The van der Waals surface area contributed by atoms with Crippen molar-refractivity contribution < 1.29 is 5.11 Å². The third kappa shape index (κ3) is 3.08. The van der Waals surface area contributed by atoms with Gasteiger partial charge in [-0.05, 0) is 29.9 Å². The molecule has 90 valence electrons. The van der Waals surface area contributed by atoms with Gasteiger partial charge in [0.1, 0.15) is 0 Å². The smallest absolute Gasteiger partial charge is 0.0868 e. The molecule has 0 aliphatic rings. The topological polar surface area (TPSA) is 20.2 Å². The van der Waals surface area contributed by atoms with Crippen LogP contribution in [0.4, 0.5) is 0 Å². The van der Waals surface area contributed by atoms with Crippen molar-refractivity contribution in [1.82, 2.24) is 0 Å². The zero-order chi connectivity index (χ0) is 12.4. The highest BCUT2D eigenvalue weighted by atomic mass is 16.3. The van der Waals surface area contributed by atoms with E-state index in [-0.39, 0.29) is 5.41 Å². The Labute approximate surface area is 99.5 Å². The highest BCUT2D eigenvalue weighted by Crippen LogP contribution is 2.28. The van der Waals surface area contributed by atoms with Crippen LogP contribution in [0.3, 0.4) is 0 Å². The van der Waals surface area contributed by atoms with Crippen molar-refractivity contribution >= 4 is 0 Å². The van der Waals surface area contributed by atoms with Gasteiger partial charge in [0, 0.05) is 0 Å². The van der Waals surface area contributed by atoms with E-state index in [2.05, 4.69) is 52.0 Å². The average Bonchev–Trinajstić information content (AvgIpc) is 2.16. The minimum absolute atomic E-state index is 0.176. The fourth-order valence-electron chi connectivity index (χ4n) is 1.96. The van der Waals surface area contributed by atoms with Gasteiger partial charge in [-0.2, -0.15) is 0 Å². The van der Waals surface area contributed by atoms with E-state index in [1.165, 1.54) is 5.56 Å². The number of hydrogen-bond acceptors (Lipinski definition) is 1. The lowest BCUT2D eigenvalue weighted by molar-refractivity contribution is 0.0469. The molecule has 1 rings (SSSR count). The van der Waals surface area contributed by atoms with Gasteiger partial charge < -0.3 is 5.11 Å². The fraction of sp³-hybridized carbons (Fsp3) is 0.600. The first-order chi connectivity index (χ1) is 7.27. The van der Waals surface area contributed by atoms with E-state index in [4.69, 9.17) is 0 Å². The van der Waals surface area contributed by atoms with Crippen LogP contribution in [0.1, 0.15) is 58.6 Å². The maximum absolute atomic E-state index is 10.3. The van der Waals surface area contributed by atoms with Gasteiger partial charge in [-0.15, -0.1) is 0 Å². The molecule has 0 bridgehead atoms. The molecule has 0 saturated carbocycles. The second kappa shape index (κ2) is 4.58. The molecule has 0 aromatic heterocycles. The Morgan fingerprint density at radius 3 is 1.75 bits per heavy atom. The lowest BCUT2D eigenvalue weighted by Gasteiger charge is -2.25. The Balaban J connectivity index is 2.95. The Bertz CT molecular complexity index is 327. The number of hydrogen-bond donors (Lipinski definition) is 1. The van der Waals surface area contributed by atoms with Crippen LogP contribution in [0.5, 0.6) is 0 Å². The largest absolute Gasteiger partial charge is 0.385 e. The standard InChI is InChI=1S/C15H24O/c1-6-11-15(5,16)13-9-7-12(8-10-13)14(2,3)4/h7-10,16H,6,11H2,1-5H3. The normalized spacial score (nSPS) is 15.9. The molecule has 1 aromatic carbocycles.